The predicted molar refractivity (Wildman–Crippen MR) is 105 cm³/mol. The standard InChI is InChI=1S/C21H27N3O5/c1-14-20(29-9-8-28-14)21(27)24-7-6-17(13-24)10-15-2-4-16(5-3-15)11-19(26)23-12-18(22)25/h2-5,17H,6-13H2,1H3,(H2,22,25)(H,23,26). The van der Waals surface area contributed by atoms with E-state index in [1.807, 2.05) is 29.2 Å². The highest BCUT2D eigenvalue weighted by atomic mass is 16.6. The molecule has 1 fully saturated rings. The average molecular weight is 401 g/mol. The number of hydrogen-bond donors (Lipinski definition) is 2. The third-order valence-corrected chi connectivity index (χ3v) is 5.11. The highest BCUT2D eigenvalue weighted by Crippen LogP contribution is 2.24. The van der Waals surface area contributed by atoms with Crippen LogP contribution in [0.1, 0.15) is 24.5 Å². The minimum Gasteiger partial charge on any atom is -0.491 e. The van der Waals surface area contributed by atoms with Gasteiger partial charge in [-0.1, -0.05) is 24.3 Å². The van der Waals surface area contributed by atoms with Crippen molar-refractivity contribution in [2.75, 3.05) is 32.8 Å². The molecule has 2 aliphatic heterocycles. The normalized spacial score (nSPS) is 18.8. The van der Waals surface area contributed by atoms with Crippen molar-refractivity contribution in [1.29, 1.82) is 0 Å². The summed E-state index contributed by atoms with van der Waals surface area (Å²) < 4.78 is 10.9. The van der Waals surface area contributed by atoms with Gasteiger partial charge in [-0.05, 0) is 36.8 Å². The van der Waals surface area contributed by atoms with Crippen LogP contribution in [0.25, 0.3) is 0 Å². The zero-order valence-corrected chi connectivity index (χ0v) is 16.6. The first kappa shape index (κ1) is 20.7. The van der Waals surface area contributed by atoms with E-state index in [4.69, 9.17) is 15.2 Å². The fraction of sp³-hybridized carbons (Fsp3) is 0.476. The predicted octanol–water partition coefficient (Wildman–Crippen LogP) is 0.500. The molecule has 2 aliphatic rings. The summed E-state index contributed by atoms with van der Waals surface area (Å²) in [5, 5.41) is 2.48. The fourth-order valence-electron chi connectivity index (χ4n) is 3.61. The van der Waals surface area contributed by atoms with Crippen molar-refractivity contribution < 1.29 is 23.9 Å². The van der Waals surface area contributed by atoms with E-state index in [1.54, 1.807) is 6.92 Å². The number of nitrogens with one attached hydrogen (secondary N) is 1. The molecule has 1 aromatic carbocycles. The van der Waals surface area contributed by atoms with Gasteiger partial charge in [0.25, 0.3) is 5.91 Å². The summed E-state index contributed by atoms with van der Waals surface area (Å²) in [4.78, 5) is 36.9. The van der Waals surface area contributed by atoms with Gasteiger partial charge in [-0.3, -0.25) is 14.4 Å². The minimum atomic E-state index is -0.563. The molecule has 0 radical (unpaired) electrons. The summed E-state index contributed by atoms with van der Waals surface area (Å²) >= 11 is 0. The quantitative estimate of drug-likeness (QED) is 0.691. The molecule has 8 heteroatoms. The van der Waals surface area contributed by atoms with Crippen LogP contribution in [0.3, 0.4) is 0 Å². The molecular weight excluding hydrogens is 374 g/mol. The van der Waals surface area contributed by atoms with Gasteiger partial charge in [0.05, 0.1) is 13.0 Å². The van der Waals surface area contributed by atoms with Gasteiger partial charge in [0.1, 0.15) is 19.0 Å². The lowest BCUT2D eigenvalue weighted by Gasteiger charge is -2.23. The Morgan fingerprint density at radius 1 is 1.14 bits per heavy atom. The van der Waals surface area contributed by atoms with E-state index in [-0.39, 0.29) is 24.8 Å². The van der Waals surface area contributed by atoms with Crippen LogP contribution in [-0.4, -0.2) is 55.5 Å². The number of amides is 3. The van der Waals surface area contributed by atoms with E-state index < -0.39 is 5.91 Å². The number of likely N-dealkylation sites (tertiary alicyclic amines) is 1. The number of ether oxygens (including phenoxy) is 2. The van der Waals surface area contributed by atoms with Crippen molar-refractivity contribution in [1.82, 2.24) is 10.2 Å². The Labute approximate surface area is 170 Å². The van der Waals surface area contributed by atoms with Crippen LogP contribution in [0.5, 0.6) is 0 Å². The fourth-order valence-corrected chi connectivity index (χ4v) is 3.61. The molecule has 0 saturated carbocycles. The molecule has 29 heavy (non-hydrogen) atoms. The summed E-state index contributed by atoms with van der Waals surface area (Å²) in [6, 6.07) is 7.84. The first-order chi connectivity index (χ1) is 13.9. The smallest absolute Gasteiger partial charge is 0.292 e. The SMILES string of the molecule is CC1=C(C(=O)N2CCC(Cc3ccc(CC(=O)NCC(N)=O)cc3)C2)OCCO1. The average Bonchev–Trinajstić information content (AvgIpc) is 3.16. The molecule has 2 heterocycles. The summed E-state index contributed by atoms with van der Waals surface area (Å²) in [5.74, 6) is 0.374. The summed E-state index contributed by atoms with van der Waals surface area (Å²) in [6.45, 7) is 3.89. The van der Waals surface area contributed by atoms with E-state index in [2.05, 4.69) is 5.32 Å². The topological polar surface area (TPSA) is 111 Å². The summed E-state index contributed by atoms with van der Waals surface area (Å²) in [6.07, 6.45) is 2.01. The zero-order chi connectivity index (χ0) is 20.8. The largest absolute Gasteiger partial charge is 0.491 e. The second kappa shape index (κ2) is 9.45. The molecule has 1 saturated heterocycles. The molecule has 3 N–H and O–H groups in total. The van der Waals surface area contributed by atoms with Crippen LogP contribution in [0, 0.1) is 5.92 Å². The molecule has 0 spiro atoms. The molecule has 1 atom stereocenters. The first-order valence-electron chi connectivity index (χ1n) is 9.81. The van der Waals surface area contributed by atoms with Crippen molar-refractivity contribution in [3.8, 4) is 0 Å². The Kier molecular flexibility index (Phi) is 6.74. The van der Waals surface area contributed by atoms with Crippen LogP contribution in [0.15, 0.2) is 35.8 Å². The monoisotopic (exact) mass is 401 g/mol. The maximum Gasteiger partial charge on any atom is 0.292 e. The number of carbonyl (C=O) groups is 3. The highest BCUT2D eigenvalue weighted by molar-refractivity contribution is 5.92. The molecule has 0 aliphatic carbocycles. The van der Waals surface area contributed by atoms with Gasteiger partial charge in [0.2, 0.25) is 17.6 Å². The second-order valence-corrected chi connectivity index (χ2v) is 7.43. The number of primary amides is 1. The Bertz CT molecular complexity index is 803. The number of nitrogens with zero attached hydrogens (tertiary/aromatic N) is 1. The number of carbonyl (C=O) groups excluding carboxylic acids is 3. The maximum absolute atomic E-state index is 12.6. The number of allylic oxidation sites excluding steroid dienone is 1. The molecule has 8 nitrogen and oxygen atoms in total. The molecule has 3 amide bonds. The summed E-state index contributed by atoms with van der Waals surface area (Å²) in [5.41, 5.74) is 7.05. The van der Waals surface area contributed by atoms with Gasteiger partial charge in [-0.15, -0.1) is 0 Å². The lowest BCUT2D eigenvalue weighted by molar-refractivity contribution is -0.131. The van der Waals surface area contributed by atoms with Crippen molar-refractivity contribution in [3.05, 3.63) is 46.9 Å². The third kappa shape index (κ3) is 5.73. The van der Waals surface area contributed by atoms with Crippen molar-refractivity contribution >= 4 is 17.7 Å². The van der Waals surface area contributed by atoms with Crippen molar-refractivity contribution in [2.24, 2.45) is 11.7 Å². The van der Waals surface area contributed by atoms with Crippen LogP contribution in [0.2, 0.25) is 0 Å². The summed E-state index contributed by atoms with van der Waals surface area (Å²) in [7, 11) is 0. The molecule has 0 aromatic heterocycles. The Balaban J connectivity index is 1.49. The molecule has 156 valence electrons. The molecule has 3 rings (SSSR count). The maximum atomic E-state index is 12.6. The van der Waals surface area contributed by atoms with E-state index in [1.165, 1.54) is 5.56 Å². The number of benzene rings is 1. The van der Waals surface area contributed by atoms with Gasteiger partial charge in [0.15, 0.2) is 0 Å². The molecule has 1 unspecified atom stereocenters. The van der Waals surface area contributed by atoms with Crippen molar-refractivity contribution in [2.45, 2.75) is 26.2 Å². The van der Waals surface area contributed by atoms with Gasteiger partial charge < -0.3 is 25.4 Å². The minimum absolute atomic E-state index is 0.0954. The first-order valence-corrected chi connectivity index (χ1v) is 9.81. The lowest BCUT2D eigenvalue weighted by Crippen LogP contribution is -2.34. The van der Waals surface area contributed by atoms with Gasteiger partial charge in [-0.2, -0.15) is 0 Å². The van der Waals surface area contributed by atoms with E-state index in [0.29, 0.717) is 43.7 Å². The second-order valence-electron chi connectivity index (χ2n) is 7.43. The van der Waals surface area contributed by atoms with E-state index in [0.717, 1.165) is 18.4 Å². The Hall–Kier alpha value is -3.03. The zero-order valence-electron chi connectivity index (χ0n) is 16.6. The third-order valence-electron chi connectivity index (χ3n) is 5.11. The molecule has 0 bridgehead atoms. The Morgan fingerprint density at radius 3 is 2.52 bits per heavy atom. The Morgan fingerprint density at radius 2 is 1.83 bits per heavy atom. The number of nitrogens with two attached hydrogens (primary N) is 1. The van der Waals surface area contributed by atoms with Crippen LogP contribution < -0.4 is 11.1 Å². The number of rotatable bonds is 7. The van der Waals surface area contributed by atoms with Gasteiger partial charge in [0, 0.05) is 13.1 Å². The number of hydrogen-bond acceptors (Lipinski definition) is 5. The van der Waals surface area contributed by atoms with Gasteiger partial charge >= 0.3 is 0 Å². The van der Waals surface area contributed by atoms with Crippen molar-refractivity contribution in [3.63, 3.8) is 0 Å². The van der Waals surface area contributed by atoms with E-state index >= 15 is 0 Å². The lowest BCUT2D eigenvalue weighted by atomic mass is 9.97. The molecular formula is C21H27N3O5. The van der Waals surface area contributed by atoms with Crippen LogP contribution in [0.4, 0.5) is 0 Å². The van der Waals surface area contributed by atoms with E-state index in [9.17, 15) is 14.4 Å². The van der Waals surface area contributed by atoms with Gasteiger partial charge in [-0.25, -0.2) is 0 Å². The molecule has 1 aromatic rings. The highest BCUT2D eigenvalue weighted by Gasteiger charge is 2.31. The van der Waals surface area contributed by atoms with Crippen LogP contribution in [-0.2, 0) is 36.7 Å². The van der Waals surface area contributed by atoms with Crippen LogP contribution >= 0.6 is 0 Å².